The van der Waals surface area contributed by atoms with E-state index in [1.165, 1.54) is 6.20 Å². The first-order chi connectivity index (χ1) is 8.90. The molecule has 2 rings (SSSR count). The summed E-state index contributed by atoms with van der Waals surface area (Å²) in [6, 6.07) is -0.259. The summed E-state index contributed by atoms with van der Waals surface area (Å²) in [4.78, 5) is 4.09. The number of aromatic nitrogens is 2. The van der Waals surface area contributed by atoms with Crippen molar-refractivity contribution in [1.29, 1.82) is 0 Å². The van der Waals surface area contributed by atoms with E-state index in [9.17, 15) is 8.42 Å². The van der Waals surface area contributed by atoms with Gasteiger partial charge in [0.1, 0.15) is 5.82 Å². The van der Waals surface area contributed by atoms with Crippen molar-refractivity contribution >= 4 is 10.0 Å². The standard InChI is InChI=1S/C13H24N4O2S/c1-8-15-9(7-17(8)6)20(18,19)16-11-12(2,3)10(14)13(11,4)5/h7,10-11,16H,14H2,1-6H3. The quantitative estimate of drug-likeness (QED) is 0.862. The smallest absolute Gasteiger partial charge is 0.259 e. The Balaban J connectivity index is 2.30. The fourth-order valence-electron chi connectivity index (χ4n) is 3.36. The van der Waals surface area contributed by atoms with Crippen molar-refractivity contribution in [3.63, 3.8) is 0 Å². The van der Waals surface area contributed by atoms with E-state index in [2.05, 4.69) is 9.71 Å². The van der Waals surface area contributed by atoms with Crippen molar-refractivity contribution in [2.24, 2.45) is 23.6 Å². The van der Waals surface area contributed by atoms with Gasteiger partial charge in [0, 0.05) is 25.3 Å². The fourth-order valence-corrected chi connectivity index (χ4v) is 4.94. The molecule has 0 aliphatic heterocycles. The van der Waals surface area contributed by atoms with E-state index in [1.54, 1.807) is 18.5 Å². The van der Waals surface area contributed by atoms with E-state index >= 15 is 0 Å². The molecule has 0 atom stereocenters. The molecule has 20 heavy (non-hydrogen) atoms. The lowest BCUT2D eigenvalue weighted by molar-refractivity contribution is -0.0593. The normalized spacial score (nSPS) is 28.1. The molecule has 1 aromatic heterocycles. The number of hydrogen-bond donors (Lipinski definition) is 2. The molecular formula is C13H24N4O2S. The molecule has 0 bridgehead atoms. The molecule has 0 radical (unpaired) electrons. The van der Waals surface area contributed by atoms with E-state index in [-0.39, 0.29) is 27.9 Å². The molecule has 1 fully saturated rings. The summed E-state index contributed by atoms with van der Waals surface area (Å²) < 4.78 is 29.4. The Morgan fingerprint density at radius 1 is 1.30 bits per heavy atom. The molecule has 0 spiro atoms. The molecule has 0 amide bonds. The average molecular weight is 300 g/mol. The van der Waals surface area contributed by atoms with Crippen molar-refractivity contribution in [2.75, 3.05) is 0 Å². The zero-order valence-electron chi connectivity index (χ0n) is 12.9. The summed E-state index contributed by atoms with van der Waals surface area (Å²) in [5.74, 6) is 0.661. The number of hydrogen-bond acceptors (Lipinski definition) is 4. The third-order valence-corrected chi connectivity index (χ3v) is 6.02. The van der Waals surface area contributed by atoms with Crippen LogP contribution in [0.25, 0.3) is 0 Å². The third kappa shape index (κ3) is 2.08. The van der Waals surface area contributed by atoms with Crippen molar-refractivity contribution < 1.29 is 8.42 Å². The highest BCUT2D eigenvalue weighted by molar-refractivity contribution is 7.89. The van der Waals surface area contributed by atoms with Crippen LogP contribution in [-0.4, -0.2) is 30.1 Å². The van der Waals surface area contributed by atoms with E-state index in [4.69, 9.17) is 5.73 Å². The van der Waals surface area contributed by atoms with Gasteiger partial charge in [-0.05, 0) is 17.8 Å². The zero-order chi connectivity index (χ0) is 15.5. The maximum Gasteiger partial charge on any atom is 0.259 e. The summed E-state index contributed by atoms with van der Waals surface area (Å²) in [5.41, 5.74) is 5.60. The minimum absolute atomic E-state index is 0.0480. The van der Waals surface area contributed by atoms with Gasteiger partial charge in [-0.1, -0.05) is 27.7 Å². The Bertz CT molecular complexity index is 595. The minimum atomic E-state index is -3.63. The van der Waals surface area contributed by atoms with Gasteiger partial charge in [-0.2, -0.15) is 0 Å². The van der Waals surface area contributed by atoms with Crippen LogP contribution >= 0.6 is 0 Å². The Morgan fingerprint density at radius 2 is 1.80 bits per heavy atom. The largest absolute Gasteiger partial charge is 0.337 e. The molecule has 1 aromatic rings. The molecule has 0 saturated heterocycles. The second kappa shape index (κ2) is 4.29. The fraction of sp³-hybridized carbons (Fsp3) is 0.769. The summed E-state index contributed by atoms with van der Waals surface area (Å²) in [6.07, 6.45) is 1.52. The maximum atomic E-state index is 12.5. The topological polar surface area (TPSA) is 90.0 Å². The van der Waals surface area contributed by atoms with E-state index in [0.717, 1.165) is 0 Å². The van der Waals surface area contributed by atoms with Gasteiger partial charge in [0.15, 0.2) is 5.03 Å². The van der Waals surface area contributed by atoms with Crippen LogP contribution in [0.15, 0.2) is 11.2 Å². The summed E-state index contributed by atoms with van der Waals surface area (Å²) in [5, 5.41) is 0.0598. The van der Waals surface area contributed by atoms with Crippen LogP contribution in [0.3, 0.4) is 0 Å². The van der Waals surface area contributed by atoms with Crippen LogP contribution in [0.2, 0.25) is 0 Å². The van der Waals surface area contributed by atoms with Crippen molar-refractivity contribution in [2.45, 2.75) is 51.7 Å². The predicted octanol–water partition coefficient (Wildman–Crippen LogP) is 0.769. The van der Waals surface area contributed by atoms with Crippen molar-refractivity contribution in [3.05, 3.63) is 12.0 Å². The van der Waals surface area contributed by atoms with Gasteiger partial charge in [-0.15, -0.1) is 0 Å². The summed E-state index contributed by atoms with van der Waals surface area (Å²) in [6.45, 7) is 9.71. The number of nitrogens with zero attached hydrogens (tertiary/aromatic N) is 2. The molecule has 1 saturated carbocycles. The van der Waals surface area contributed by atoms with Crippen LogP contribution in [0, 0.1) is 17.8 Å². The summed E-state index contributed by atoms with van der Waals surface area (Å²) in [7, 11) is -1.85. The van der Waals surface area contributed by atoms with Crippen LogP contribution in [-0.2, 0) is 17.1 Å². The number of imidazole rings is 1. The van der Waals surface area contributed by atoms with Crippen molar-refractivity contribution in [3.8, 4) is 0 Å². The van der Waals surface area contributed by atoms with Crippen LogP contribution < -0.4 is 10.5 Å². The van der Waals surface area contributed by atoms with E-state index in [1.807, 2.05) is 27.7 Å². The van der Waals surface area contributed by atoms with E-state index in [0.29, 0.717) is 5.82 Å². The monoisotopic (exact) mass is 300 g/mol. The van der Waals surface area contributed by atoms with Crippen molar-refractivity contribution in [1.82, 2.24) is 14.3 Å². The highest BCUT2D eigenvalue weighted by Crippen LogP contribution is 2.52. The number of rotatable bonds is 3. The van der Waals surface area contributed by atoms with E-state index < -0.39 is 10.0 Å². The second-order valence-corrected chi connectivity index (χ2v) is 8.57. The minimum Gasteiger partial charge on any atom is -0.337 e. The first-order valence-corrected chi connectivity index (χ1v) is 8.17. The Morgan fingerprint density at radius 3 is 2.20 bits per heavy atom. The van der Waals surface area contributed by atoms with Crippen LogP contribution in [0.5, 0.6) is 0 Å². The number of nitrogens with two attached hydrogens (primary N) is 1. The lowest BCUT2D eigenvalue weighted by atomic mass is 9.49. The number of aryl methyl sites for hydroxylation is 2. The lowest BCUT2D eigenvalue weighted by Crippen LogP contribution is -2.75. The lowest BCUT2D eigenvalue weighted by Gasteiger charge is -2.62. The first kappa shape index (κ1) is 15.5. The Labute approximate surface area is 120 Å². The molecular weight excluding hydrogens is 276 g/mol. The van der Waals surface area contributed by atoms with Gasteiger partial charge in [0.25, 0.3) is 10.0 Å². The molecule has 6 nitrogen and oxygen atoms in total. The third-order valence-electron chi connectivity index (χ3n) is 4.73. The first-order valence-electron chi connectivity index (χ1n) is 6.68. The highest BCUT2D eigenvalue weighted by Gasteiger charge is 2.61. The van der Waals surface area contributed by atoms with Gasteiger partial charge in [0.05, 0.1) is 0 Å². The van der Waals surface area contributed by atoms with Crippen LogP contribution in [0.4, 0.5) is 0 Å². The van der Waals surface area contributed by atoms with Gasteiger partial charge in [0.2, 0.25) is 0 Å². The maximum absolute atomic E-state index is 12.5. The molecule has 0 aromatic carbocycles. The molecule has 3 N–H and O–H groups in total. The zero-order valence-corrected chi connectivity index (χ0v) is 13.7. The molecule has 1 aliphatic carbocycles. The van der Waals surface area contributed by atoms with Gasteiger partial charge in [-0.25, -0.2) is 18.1 Å². The summed E-state index contributed by atoms with van der Waals surface area (Å²) >= 11 is 0. The Kier molecular flexibility index (Phi) is 3.31. The average Bonchev–Trinajstić information content (AvgIpc) is 2.66. The molecule has 7 heteroatoms. The molecule has 1 aliphatic rings. The van der Waals surface area contributed by atoms with Gasteiger partial charge in [-0.3, -0.25) is 0 Å². The highest BCUT2D eigenvalue weighted by atomic mass is 32.2. The number of sulfonamides is 1. The molecule has 1 heterocycles. The molecule has 114 valence electrons. The van der Waals surface area contributed by atoms with Gasteiger partial charge >= 0.3 is 0 Å². The Hall–Kier alpha value is -0.920. The van der Waals surface area contributed by atoms with Gasteiger partial charge < -0.3 is 10.3 Å². The van der Waals surface area contributed by atoms with Crippen LogP contribution in [0.1, 0.15) is 33.5 Å². The molecule has 0 unspecified atom stereocenters. The second-order valence-electron chi connectivity index (χ2n) is 6.91. The SMILES string of the molecule is Cc1nc(S(=O)(=O)NC2C(C)(C)C(N)C2(C)C)cn1C. The predicted molar refractivity (Wildman–Crippen MR) is 77.6 cm³/mol. The number of nitrogens with one attached hydrogen (secondary N) is 1.